The van der Waals surface area contributed by atoms with Crippen molar-refractivity contribution in [3.63, 3.8) is 0 Å². The molecule has 1 aromatic carbocycles. The average molecular weight is 312 g/mol. The predicted octanol–water partition coefficient (Wildman–Crippen LogP) is 3.74. The Morgan fingerprint density at radius 1 is 1.59 bits per heavy atom. The number of hydrogen-bond acceptors (Lipinski definition) is 3. The number of aryl methyl sites for hydroxylation is 2. The lowest BCUT2D eigenvalue weighted by Gasteiger charge is -2.09. The number of aliphatic imine (C=N–C) groups is 1. The van der Waals surface area contributed by atoms with Crippen LogP contribution in [0.25, 0.3) is 0 Å². The number of thioether (sulfide) groups is 1. The molecule has 1 aromatic rings. The largest absolute Gasteiger partial charge is 0.271 e. The van der Waals surface area contributed by atoms with Crippen LogP contribution >= 0.6 is 27.7 Å². The van der Waals surface area contributed by atoms with Gasteiger partial charge in [0, 0.05) is 4.47 Å². The van der Waals surface area contributed by atoms with Crippen LogP contribution in [-0.4, -0.2) is 11.4 Å². The van der Waals surface area contributed by atoms with Gasteiger partial charge in [0.2, 0.25) is 0 Å². The van der Waals surface area contributed by atoms with Gasteiger partial charge in [-0.2, -0.15) is 5.26 Å². The molecule has 0 heterocycles. The molecular weight excluding hydrogens is 298 g/mol. The standard InChI is InChI=1S/C12H14BrN3S/c1-4-9-6-10(13)5-8(2)11(9)16-12(17-3)15-7-14/h5-6H,4H2,1-3H3,(H,15,16). The lowest BCUT2D eigenvalue weighted by molar-refractivity contribution is 1.12. The van der Waals surface area contributed by atoms with Gasteiger partial charge in [0.1, 0.15) is 0 Å². The number of halogens is 1. The van der Waals surface area contributed by atoms with E-state index in [1.165, 1.54) is 17.3 Å². The molecule has 0 radical (unpaired) electrons. The second kappa shape index (κ2) is 6.67. The van der Waals surface area contributed by atoms with Crippen LogP contribution < -0.4 is 5.32 Å². The lowest BCUT2D eigenvalue weighted by atomic mass is 10.1. The minimum atomic E-state index is 0.618. The molecule has 0 aliphatic carbocycles. The smallest absolute Gasteiger partial charge is 0.183 e. The van der Waals surface area contributed by atoms with E-state index in [-0.39, 0.29) is 0 Å². The van der Waals surface area contributed by atoms with Crippen LogP contribution in [0.1, 0.15) is 18.1 Å². The first kappa shape index (κ1) is 14.1. The van der Waals surface area contributed by atoms with Crippen LogP contribution in [0.2, 0.25) is 0 Å². The molecule has 0 aliphatic rings. The van der Waals surface area contributed by atoms with Crippen molar-refractivity contribution in [1.29, 1.82) is 5.26 Å². The van der Waals surface area contributed by atoms with Gasteiger partial charge in [-0.15, -0.1) is 0 Å². The normalized spacial score (nSPS) is 11.1. The van der Waals surface area contributed by atoms with E-state index in [9.17, 15) is 0 Å². The summed E-state index contributed by atoms with van der Waals surface area (Å²) >= 11 is 4.91. The summed E-state index contributed by atoms with van der Waals surface area (Å²) in [5.74, 6) is 0. The molecule has 0 saturated carbocycles. The molecule has 0 amide bonds. The van der Waals surface area contributed by atoms with E-state index in [2.05, 4.69) is 39.2 Å². The summed E-state index contributed by atoms with van der Waals surface area (Å²) in [4.78, 5) is 4.50. The number of nitrogens with one attached hydrogen (secondary N) is 1. The molecule has 1 rings (SSSR count). The highest BCUT2D eigenvalue weighted by atomic mass is 79.9. The lowest BCUT2D eigenvalue weighted by Crippen LogP contribution is -2.12. The van der Waals surface area contributed by atoms with E-state index < -0.39 is 0 Å². The minimum absolute atomic E-state index is 0.618. The average Bonchev–Trinajstić information content (AvgIpc) is 2.30. The highest BCUT2D eigenvalue weighted by Gasteiger charge is 2.07. The first-order chi connectivity index (χ1) is 8.12. The Labute approximate surface area is 114 Å². The van der Waals surface area contributed by atoms with Gasteiger partial charge in [-0.25, -0.2) is 4.99 Å². The quantitative estimate of drug-likeness (QED) is 0.392. The Balaban J connectivity index is 3.25. The van der Waals surface area contributed by atoms with Crippen molar-refractivity contribution in [2.45, 2.75) is 20.3 Å². The fraction of sp³-hybridized carbons (Fsp3) is 0.333. The molecule has 0 spiro atoms. The highest BCUT2D eigenvalue weighted by molar-refractivity contribution is 9.10. The van der Waals surface area contributed by atoms with Gasteiger partial charge >= 0.3 is 0 Å². The van der Waals surface area contributed by atoms with Gasteiger partial charge in [-0.05, 0) is 42.9 Å². The van der Waals surface area contributed by atoms with Crippen LogP contribution in [0, 0.1) is 18.4 Å². The SMILES string of the molecule is CCc1cc(Br)cc(C)c1N=C(NC#N)SC. The second-order valence-corrected chi connectivity index (χ2v) is 5.15. The van der Waals surface area contributed by atoms with E-state index in [1.807, 2.05) is 25.4 Å². The van der Waals surface area contributed by atoms with Crippen molar-refractivity contribution < 1.29 is 0 Å². The van der Waals surface area contributed by atoms with Crippen LogP contribution in [0.4, 0.5) is 5.69 Å². The zero-order valence-electron chi connectivity index (χ0n) is 10.0. The fourth-order valence-corrected chi connectivity index (χ4v) is 2.46. The van der Waals surface area contributed by atoms with E-state index >= 15 is 0 Å². The third-order valence-electron chi connectivity index (χ3n) is 2.29. The molecule has 0 unspecified atom stereocenters. The van der Waals surface area contributed by atoms with Crippen LogP contribution in [-0.2, 0) is 6.42 Å². The maximum Gasteiger partial charge on any atom is 0.183 e. The summed E-state index contributed by atoms with van der Waals surface area (Å²) in [5, 5.41) is 11.8. The number of benzene rings is 1. The topological polar surface area (TPSA) is 48.2 Å². The van der Waals surface area contributed by atoms with Gasteiger partial charge in [0.15, 0.2) is 11.4 Å². The molecule has 17 heavy (non-hydrogen) atoms. The zero-order chi connectivity index (χ0) is 12.8. The van der Waals surface area contributed by atoms with Crippen molar-refractivity contribution in [3.05, 3.63) is 27.7 Å². The summed E-state index contributed by atoms with van der Waals surface area (Å²) in [6.45, 7) is 4.11. The van der Waals surface area contributed by atoms with E-state index in [0.29, 0.717) is 5.17 Å². The van der Waals surface area contributed by atoms with E-state index in [1.54, 1.807) is 0 Å². The van der Waals surface area contributed by atoms with Crippen LogP contribution in [0.15, 0.2) is 21.6 Å². The van der Waals surface area contributed by atoms with Crippen molar-refractivity contribution in [2.75, 3.05) is 6.26 Å². The Kier molecular flexibility index (Phi) is 5.52. The van der Waals surface area contributed by atoms with Crippen LogP contribution in [0.3, 0.4) is 0 Å². The van der Waals surface area contributed by atoms with Gasteiger partial charge in [0.25, 0.3) is 0 Å². The van der Waals surface area contributed by atoms with Crippen molar-refractivity contribution in [2.24, 2.45) is 4.99 Å². The summed E-state index contributed by atoms with van der Waals surface area (Å²) in [6.07, 6.45) is 4.70. The maximum absolute atomic E-state index is 8.62. The molecule has 5 heteroatoms. The highest BCUT2D eigenvalue weighted by Crippen LogP contribution is 2.29. The molecule has 0 saturated heterocycles. The van der Waals surface area contributed by atoms with Gasteiger partial charge < -0.3 is 0 Å². The predicted molar refractivity (Wildman–Crippen MR) is 77.6 cm³/mol. The van der Waals surface area contributed by atoms with Crippen molar-refractivity contribution in [1.82, 2.24) is 5.32 Å². The Morgan fingerprint density at radius 2 is 2.29 bits per heavy atom. The monoisotopic (exact) mass is 311 g/mol. The first-order valence-electron chi connectivity index (χ1n) is 5.19. The number of nitriles is 1. The third kappa shape index (κ3) is 3.76. The molecule has 1 N–H and O–H groups in total. The summed E-state index contributed by atoms with van der Waals surface area (Å²) in [7, 11) is 0. The summed E-state index contributed by atoms with van der Waals surface area (Å²) in [5.41, 5.74) is 3.22. The summed E-state index contributed by atoms with van der Waals surface area (Å²) < 4.78 is 1.06. The first-order valence-corrected chi connectivity index (χ1v) is 7.21. The molecule has 0 fully saturated rings. The molecular formula is C12H14BrN3S. The third-order valence-corrected chi connectivity index (χ3v) is 3.33. The molecule has 0 aromatic heterocycles. The van der Waals surface area contributed by atoms with Crippen LogP contribution in [0.5, 0.6) is 0 Å². The fourth-order valence-electron chi connectivity index (χ4n) is 1.51. The Hall–Kier alpha value is -0.990. The second-order valence-electron chi connectivity index (χ2n) is 3.44. The molecule has 0 atom stereocenters. The zero-order valence-corrected chi connectivity index (χ0v) is 12.4. The molecule has 90 valence electrons. The van der Waals surface area contributed by atoms with E-state index in [0.717, 1.165) is 22.1 Å². The minimum Gasteiger partial charge on any atom is -0.271 e. The van der Waals surface area contributed by atoms with E-state index in [4.69, 9.17) is 5.26 Å². The Morgan fingerprint density at radius 3 is 2.82 bits per heavy atom. The summed E-state index contributed by atoms with van der Waals surface area (Å²) in [6, 6.07) is 4.10. The molecule has 3 nitrogen and oxygen atoms in total. The maximum atomic E-state index is 8.62. The Bertz CT molecular complexity index is 477. The number of hydrogen-bond donors (Lipinski definition) is 1. The van der Waals surface area contributed by atoms with Gasteiger partial charge in [-0.1, -0.05) is 34.6 Å². The van der Waals surface area contributed by atoms with Crippen molar-refractivity contribution in [3.8, 4) is 6.19 Å². The number of rotatable bonds is 2. The molecule has 0 aliphatic heterocycles. The van der Waals surface area contributed by atoms with Crippen molar-refractivity contribution >= 4 is 38.5 Å². The van der Waals surface area contributed by atoms with Gasteiger partial charge in [-0.3, -0.25) is 5.32 Å². The number of amidine groups is 1. The van der Waals surface area contributed by atoms with Gasteiger partial charge in [0.05, 0.1) is 5.69 Å². The molecule has 0 bridgehead atoms. The number of nitrogens with zero attached hydrogens (tertiary/aromatic N) is 2.